The predicted molar refractivity (Wildman–Crippen MR) is 65.8 cm³/mol. The second-order valence-electron chi connectivity index (χ2n) is 3.95. The summed E-state index contributed by atoms with van der Waals surface area (Å²) in [6, 6.07) is 5.16. The van der Waals surface area contributed by atoms with E-state index in [1.54, 1.807) is 25.3 Å². The van der Waals surface area contributed by atoms with Crippen LogP contribution in [0.25, 0.3) is 0 Å². The molecule has 3 N–H and O–H groups in total. The molecule has 0 bridgehead atoms. The highest BCUT2D eigenvalue weighted by molar-refractivity contribution is 5.68. The van der Waals surface area contributed by atoms with Gasteiger partial charge >= 0.3 is 6.18 Å². The van der Waals surface area contributed by atoms with Crippen LogP contribution in [0.4, 0.5) is 24.5 Å². The van der Waals surface area contributed by atoms with E-state index in [0.29, 0.717) is 30.1 Å². The van der Waals surface area contributed by atoms with E-state index in [-0.39, 0.29) is 6.42 Å². The first-order chi connectivity index (χ1) is 8.42. The van der Waals surface area contributed by atoms with Gasteiger partial charge in [0.2, 0.25) is 0 Å². The lowest BCUT2D eigenvalue weighted by Gasteiger charge is -2.11. The van der Waals surface area contributed by atoms with Crippen molar-refractivity contribution in [2.24, 2.45) is 0 Å². The van der Waals surface area contributed by atoms with E-state index in [9.17, 15) is 13.2 Å². The van der Waals surface area contributed by atoms with Crippen molar-refractivity contribution < 1.29 is 17.9 Å². The molecule has 0 aliphatic carbocycles. The quantitative estimate of drug-likeness (QED) is 0.610. The summed E-state index contributed by atoms with van der Waals surface area (Å²) < 4.78 is 40.7. The van der Waals surface area contributed by atoms with E-state index in [1.807, 2.05) is 0 Å². The van der Waals surface area contributed by atoms with Crippen LogP contribution in [-0.2, 0) is 0 Å². The minimum atomic E-state index is -4.07. The number of ether oxygens (including phenoxy) is 1. The average molecular weight is 262 g/mol. The minimum absolute atomic E-state index is 0.118. The number of halogens is 3. The zero-order valence-electron chi connectivity index (χ0n) is 10.2. The van der Waals surface area contributed by atoms with E-state index in [1.165, 1.54) is 0 Å². The number of hydrogen-bond donors (Lipinski definition) is 2. The maximum absolute atomic E-state index is 11.9. The molecule has 0 aliphatic rings. The topological polar surface area (TPSA) is 47.3 Å². The van der Waals surface area contributed by atoms with Gasteiger partial charge in [-0.3, -0.25) is 0 Å². The van der Waals surface area contributed by atoms with Crippen molar-refractivity contribution in [3.8, 4) is 5.75 Å². The zero-order valence-corrected chi connectivity index (χ0v) is 10.2. The van der Waals surface area contributed by atoms with Gasteiger partial charge < -0.3 is 15.8 Å². The Morgan fingerprint density at radius 1 is 1.28 bits per heavy atom. The number of nitrogens with two attached hydrogens (primary N) is 1. The van der Waals surface area contributed by atoms with Crippen LogP contribution in [0.15, 0.2) is 18.2 Å². The van der Waals surface area contributed by atoms with Gasteiger partial charge in [0, 0.05) is 19.0 Å². The van der Waals surface area contributed by atoms with Crippen molar-refractivity contribution in [2.45, 2.75) is 25.4 Å². The van der Waals surface area contributed by atoms with Gasteiger partial charge in [0.15, 0.2) is 0 Å². The van der Waals surface area contributed by atoms with E-state index in [0.717, 1.165) is 0 Å². The van der Waals surface area contributed by atoms with Crippen molar-refractivity contribution in [1.29, 1.82) is 0 Å². The fraction of sp³-hybridized carbons (Fsp3) is 0.500. The first kappa shape index (κ1) is 14.5. The normalized spacial score (nSPS) is 11.3. The highest BCUT2D eigenvalue weighted by Crippen LogP contribution is 2.25. The second-order valence-corrected chi connectivity index (χ2v) is 3.95. The molecule has 1 aromatic carbocycles. The van der Waals surface area contributed by atoms with Gasteiger partial charge in [-0.05, 0) is 25.0 Å². The van der Waals surface area contributed by atoms with Gasteiger partial charge in [-0.1, -0.05) is 0 Å². The molecule has 6 heteroatoms. The summed E-state index contributed by atoms with van der Waals surface area (Å²) in [5.74, 6) is 0.648. The third kappa shape index (κ3) is 5.16. The molecule has 0 amide bonds. The van der Waals surface area contributed by atoms with E-state index >= 15 is 0 Å². The number of anilines is 2. The highest BCUT2D eigenvalue weighted by atomic mass is 19.4. The summed E-state index contributed by atoms with van der Waals surface area (Å²) >= 11 is 0. The summed E-state index contributed by atoms with van der Waals surface area (Å²) in [4.78, 5) is 0. The molecule has 0 heterocycles. The van der Waals surface area contributed by atoms with Crippen LogP contribution in [0.5, 0.6) is 5.75 Å². The minimum Gasteiger partial charge on any atom is -0.497 e. The third-order valence-corrected chi connectivity index (χ3v) is 2.46. The number of methoxy groups -OCH3 is 1. The summed E-state index contributed by atoms with van der Waals surface area (Å²) in [5, 5.41) is 3.00. The Hall–Kier alpha value is -1.59. The lowest BCUT2D eigenvalue weighted by molar-refractivity contribution is -0.135. The van der Waals surface area contributed by atoms with Crippen LogP contribution in [0.3, 0.4) is 0 Å². The number of benzene rings is 1. The number of unbranched alkanes of at least 4 members (excludes halogenated alkanes) is 1. The predicted octanol–water partition coefficient (Wildman–Crippen LogP) is 3.42. The summed E-state index contributed by atoms with van der Waals surface area (Å²) in [6.45, 7) is 0.465. The number of nitrogen functional groups attached to an aromatic ring is 1. The Kier molecular flexibility index (Phi) is 5.12. The van der Waals surface area contributed by atoms with E-state index < -0.39 is 12.6 Å². The molecule has 0 saturated carbocycles. The SMILES string of the molecule is COc1ccc(NCCCCC(F)(F)F)c(N)c1. The number of hydrogen-bond acceptors (Lipinski definition) is 3. The molecule has 3 nitrogen and oxygen atoms in total. The molecule has 0 fully saturated rings. The molecule has 102 valence electrons. The smallest absolute Gasteiger partial charge is 0.389 e. The maximum atomic E-state index is 11.9. The Labute approximate surface area is 104 Å². The second kappa shape index (κ2) is 6.37. The lowest BCUT2D eigenvalue weighted by Crippen LogP contribution is -2.09. The van der Waals surface area contributed by atoms with E-state index in [2.05, 4.69) is 5.32 Å². The van der Waals surface area contributed by atoms with Gasteiger partial charge in [0.05, 0.1) is 18.5 Å². The van der Waals surface area contributed by atoms with Crippen molar-refractivity contribution >= 4 is 11.4 Å². The Morgan fingerprint density at radius 3 is 2.56 bits per heavy atom. The molecule has 0 aliphatic heterocycles. The van der Waals surface area contributed by atoms with Crippen LogP contribution in [-0.4, -0.2) is 19.8 Å². The van der Waals surface area contributed by atoms with Crippen LogP contribution in [0.2, 0.25) is 0 Å². The van der Waals surface area contributed by atoms with Crippen molar-refractivity contribution in [3.05, 3.63) is 18.2 Å². The van der Waals surface area contributed by atoms with E-state index in [4.69, 9.17) is 10.5 Å². The van der Waals surface area contributed by atoms with Gasteiger partial charge in [0.25, 0.3) is 0 Å². The molecular weight excluding hydrogens is 245 g/mol. The molecule has 18 heavy (non-hydrogen) atoms. The molecule has 0 unspecified atom stereocenters. The third-order valence-electron chi connectivity index (χ3n) is 2.46. The summed E-state index contributed by atoms with van der Waals surface area (Å²) in [7, 11) is 1.54. The average Bonchev–Trinajstić information content (AvgIpc) is 2.29. The molecule has 1 rings (SSSR count). The first-order valence-electron chi connectivity index (χ1n) is 5.66. The van der Waals surface area contributed by atoms with Gasteiger partial charge in [0.1, 0.15) is 5.75 Å². The molecule has 0 aromatic heterocycles. The molecule has 0 spiro atoms. The standard InChI is InChI=1S/C12H17F3N2O/c1-18-9-4-5-11(10(16)8-9)17-7-3-2-6-12(13,14)15/h4-5,8,17H,2-3,6-7,16H2,1H3. The van der Waals surface area contributed by atoms with Gasteiger partial charge in [-0.2, -0.15) is 13.2 Å². The van der Waals surface area contributed by atoms with Crippen molar-refractivity contribution in [1.82, 2.24) is 0 Å². The Bertz CT molecular complexity index is 380. The van der Waals surface area contributed by atoms with Crippen LogP contribution >= 0.6 is 0 Å². The maximum Gasteiger partial charge on any atom is 0.389 e. The van der Waals surface area contributed by atoms with Crippen molar-refractivity contribution in [3.63, 3.8) is 0 Å². The van der Waals surface area contributed by atoms with Crippen molar-refractivity contribution in [2.75, 3.05) is 24.7 Å². The molecule has 0 saturated heterocycles. The van der Waals surface area contributed by atoms with Crippen LogP contribution < -0.4 is 15.8 Å². The summed E-state index contributed by atoms with van der Waals surface area (Å²) in [6.07, 6.45) is -4.25. The lowest BCUT2D eigenvalue weighted by atomic mass is 10.2. The molecule has 0 radical (unpaired) electrons. The molecular formula is C12H17F3N2O. The van der Waals surface area contributed by atoms with Crippen LogP contribution in [0, 0.1) is 0 Å². The highest BCUT2D eigenvalue weighted by Gasteiger charge is 2.25. The number of rotatable bonds is 6. The molecule has 1 aromatic rings. The number of alkyl halides is 3. The zero-order chi connectivity index (χ0) is 13.6. The monoisotopic (exact) mass is 262 g/mol. The van der Waals surface area contributed by atoms with Gasteiger partial charge in [-0.15, -0.1) is 0 Å². The number of nitrogens with one attached hydrogen (secondary N) is 1. The molecule has 0 atom stereocenters. The fourth-order valence-electron chi connectivity index (χ4n) is 1.50. The van der Waals surface area contributed by atoms with Gasteiger partial charge in [-0.25, -0.2) is 0 Å². The van der Waals surface area contributed by atoms with Crippen LogP contribution in [0.1, 0.15) is 19.3 Å². The fourth-order valence-corrected chi connectivity index (χ4v) is 1.50. The Balaban J connectivity index is 2.31. The summed E-state index contributed by atoms with van der Waals surface area (Å²) in [5.41, 5.74) is 6.99. The first-order valence-corrected chi connectivity index (χ1v) is 5.66. The Morgan fingerprint density at radius 2 is 2.00 bits per heavy atom. The largest absolute Gasteiger partial charge is 0.497 e.